The fraction of sp³-hybridized carbons (Fsp3) is 0.438. The number of carbonyl (C=O) groups excluding carboxylic acids is 3. The van der Waals surface area contributed by atoms with Gasteiger partial charge in [0.15, 0.2) is 5.79 Å². The Morgan fingerprint density at radius 1 is 1.04 bits per heavy atom. The lowest BCUT2D eigenvalue weighted by Gasteiger charge is -2.37. The van der Waals surface area contributed by atoms with Crippen molar-refractivity contribution in [3.63, 3.8) is 0 Å². The maximum atomic E-state index is 12.6. The molecule has 23 heavy (non-hydrogen) atoms. The SMILES string of the molecule is O=C1NC(=O)c2cc(C(=O)N3CCC4(CC3)OCCO4)ccc21. The van der Waals surface area contributed by atoms with Crippen molar-refractivity contribution >= 4 is 17.7 Å². The first kappa shape index (κ1) is 14.3. The number of imide groups is 1. The van der Waals surface area contributed by atoms with Crippen molar-refractivity contribution < 1.29 is 23.9 Å². The van der Waals surface area contributed by atoms with Crippen LogP contribution in [0.25, 0.3) is 0 Å². The lowest BCUT2D eigenvalue weighted by atomic mass is 10.0. The zero-order valence-corrected chi connectivity index (χ0v) is 12.5. The molecule has 7 heteroatoms. The zero-order chi connectivity index (χ0) is 16.0. The van der Waals surface area contributed by atoms with Crippen LogP contribution in [-0.2, 0) is 9.47 Å². The number of fused-ring (bicyclic) bond motifs is 1. The van der Waals surface area contributed by atoms with Gasteiger partial charge in [0, 0.05) is 31.5 Å². The second-order valence-electron chi connectivity index (χ2n) is 5.94. The summed E-state index contributed by atoms with van der Waals surface area (Å²) in [5.74, 6) is -1.54. The van der Waals surface area contributed by atoms with Crippen molar-refractivity contribution in [3.05, 3.63) is 34.9 Å². The highest BCUT2D eigenvalue weighted by molar-refractivity contribution is 6.22. The van der Waals surface area contributed by atoms with E-state index in [1.54, 1.807) is 11.0 Å². The van der Waals surface area contributed by atoms with Gasteiger partial charge in [0.25, 0.3) is 17.7 Å². The molecule has 1 aromatic rings. The van der Waals surface area contributed by atoms with Gasteiger partial charge >= 0.3 is 0 Å². The normalized spacial score (nSPS) is 22.3. The van der Waals surface area contributed by atoms with E-state index in [1.165, 1.54) is 12.1 Å². The molecule has 2 saturated heterocycles. The quantitative estimate of drug-likeness (QED) is 0.765. The van der Waals surface area contributed by atoms with E-state index in [0.717, 1.165) is 0 Å². The standard InChI is InChI=1S/C16H16N2O5/c19-13-11-2-1-10(9-12(11)14(20)17-13)15(21)18-5-3-16(4-6-18)22-7-8-23-16/h1-2,9H,3-8H2,(H,17,19,20). The molecule has 3 heterocycles. The molecular weight excluding hydrogens is 300 g/mol. The number of nitrogens with zero attached hydrogens (tertiary/aromatic N) is 1. The Labute approximate surface area is 132 Å². The van der Waals surface area contributed by atoms with Crippen LogP contribution in [0.15, 0.2) is 18.2 Å². The number of hydrogen-bond donors (Lipinski definition) is 1. The molecule has 0 bridgehead atoms. The molecule has 4 rings (SSSR count). The van der Waals surface area contributed by atoms with E-state index < -0.39 is 17.6 Å². The maximum Gasteiger partial charge on any atom is 0.258 e. The van der Waals surface area contributed by atoms with Gasteiger partial charge in [0.2, 0.25) is 0 Å². The first-order valence-electron chi connectivity index (χ1n) is 7.65. The van der Waals surface area contributed by atoms with Gasteiger partial charge in [0.05, 0.1) is 24.3 Å². The smallest absolute Gasteiger partial charge is 0.258 e. The van der Waals surface area contributed by atoms with E-state index in [1.807, 2.05) is 0 Å². The Kier molecular flexibility index (Phi) is 3.21. The number of rotatable bonds is 1. The summed E-state index contributed by atoms with van der Waals surface area (Å²) in [5.41, 5.74) is 0.992. The summed E-state index contributed by atoms with van der Waals surface area (Å²) in [6, 6.07) is 4.61. The Balaban J connectivity index is 1.51. The van der Waals surface area contributed by atoms with E-state index in [2.05, 4.69) is 5.32 Å². The molecule has 1 spiro atoms. The summed E-state index contributed by atoms with van der Waals surface area (Å²) in [7, 11) is 0. The monoisotopic (exact) mass is 316 g/mol. The van der Waals surface area contributed by atoms with E-state index >= 15 is 0 Å². The van der Waals surface area contributed by atoms with Crippen LogP contribution >= 0.6 is 0 Å². The summed E-state index contributed by atoms with van der Waals surface area (Å²) >= 11 is 0. The van der Waals surface area contributed by atoms with Crippen LogP contribution in [0.2, 0.25) is 0 Å². The van der Waals surface area contributed by atoms with Crippen molar-refractivity contribution in [1.29, 1.82) is 0 Å². The minimum absolute atomic E-state index is 0.146. The third-order valence-corrected chi connectivity index (χ3v) is 4.61. The predicted molar refractivity (Wildman–Crippen MR) is 78.0 cm³/mol. The summed E-state index contributed by atoms with van der Waals surface area (Å²) in [6.07, 6.45) is 1.28. The van der Waals surface area contributed by atoms with Gasteiger partial charge in [0.1, 0.15) is 0 Å². The first-order valence-corrected chi connectivity index (χ1v) is 7.65. The van der Waals surface area contributed by atoms with Crippen molar-refractivity contribution in [2.45, 2.75) is 18.6 Å². The largest absolute Gasteiger partial charge is 0.347 e. The summed E-state index contributed by atoms with van der Waals surface area (Å²) in [5, 5.41) is 2.23. The van der Waals surface area contributed by atoms with Gasteiger partial charge in [-0.25, -0.2) is 0 Å². The maximum absolute atomic E-state index is 12.6. The van der Waals surface area contributed by atoms with E-state index in [4.69, 9.17) is 9.47 Å². The number of amides is 3. The van der Waals surface area contributed by atoms with Crippen LogP contribution in [0.3, 0.4) is 0 Å². The lowest BCUT2D eigenvalue weighted by molar-refractivity contribution is -0.181. The summed E-state index contributed by atoms with van der Waals surface area (Å²) in [4.78, 5) is 37.6. The molecule has 0 atom stereocenters. The molecule has 120 valence electrons. The molecule has 1 N–H and O–H groups in total. The summed E-state index contributed by atoms with van der Waals surface area (Å²) < 4.78 is 11.3. The minimum Gasteiger partial charge on any atom is -0.347 e. The second kappa shape index (κ2) is 5.14. The highest BCUT2D eigenvalue weighted by Crippen LogP contribution is 2.32. The molecule has 3 amide bonds. The molecular formula is C16H16N2O5. The van der Waals surface area contributed by atoms with Crippen LogP contribution in [0.1, 0.15) is 43.9 Å². The van der Waals surface area contributed by atoms with Crippen molar-refractivity contribution in [1.82, 2.24) is 10.2 Å². The third-order valence-electron chi connectivity index (χ3n) is 4.61. The van der Waals surface area contributed by atoms with Gasteiger partial charge in [-0.05, 0) is 18.2 Å². The average Bonchev–Trinajstić information content (AvgIpc) is 3.13. The fourth-order valence-corrected chi connectivity index (χ4v) is 3.32. The number of benzene rings is 1. The fourth-order valence-electron chi connectivity index (χ4n) is 3.32. The number of carbonyl (C=O) groups is 3. The van der Waals surface area contributed by atoms with Crippen LogP contribution in [0.5, 0.6) is 0 Å². The highest BCUT2D eigenvalue weighted by Gasteiger charge is 2.41. The van der Waals surface area contributed by atoms with Gasteiger partial charge in [-0.3, -0.25) is 19.7 Å². The lowest BCUT2D eigenvalue weighted by Crippen LogP contribution is -2.47. The molecule has 0 saturated carbocycles. The molecule has 0 unspecified atom stereocenters. The first-order chi connectivity index (χ1) is 11.1. The molecule has 0 aromatic heterocycles. The topological polar surface area (TPSA) is 84.9 Å². The number of piperidine rings is 1. The van der Waals surface area contributed by atoms with Crippen LogP contribution in [-0.4, -0.2) is 54.7 Å². The molecule has 2 fully saturated rings. The number of nitrogens with one attached hydrogen (secondary N) is 1. The predicted octanol–water partition coefficient (Wildman–Crippen LogP) is 0.549. The zero-order valence-electron chi connectivity index (χ0n) is 12.5. The minimum atomic E-state index is -0.527. The number of ether oxygens (including phenoxy) is 2. The van der Waals surface area contributed by atoms with Crippen molar-refractivity contribution in [3.8, 4) is 0 Å². The van der Waals surface area contributed by atoms with Gasteiger partial charge < -0.3 is 14.4 Å². The molecule has 7 nitrogen and oxygen atoms in total. The Bertz CT molecular complexity index is 698. The molecule has 0 aliphatic carbocycles. The molecule has 3 aliphatic rings. The third kappa shape index (κ3) is 2.32. The van der Waals surface area contributed by atoms with E-state index in [9.17, 15) is 14.4 Å². The Hall–Kier alpha value is -2.25. The van der Waals surface area contributed by atoms with Crippen LogP contribution in [0.4, 0.5) is 0 Å². The highest BCUT2D eigenvalue weighted by atomic mass is 16.7. The summed E-state index contributed by atoms with van der Waals surface area (Å²) in [6.45, 7) is 2.28. The van der Waals surface area contributed by atoms with E-state index in [-0.39, 0.29) is 11.5 Å². The molecule has 0 radical (unpaired) electrons. The van der Waals surface area contributed by atoms with E-state index in [0.29, 0.717) is 50.3 Å². The Morgan fingerprint density at radius 3 is 2.39 bits per heavy atom. The molecule has 3 aliphatic heterocycles. The van der Waals surface area contributed by atoms with Gasteiger partial charge in [-0.15, -0.1) is 0 Å². The number of hydrogen-bond acceptors (Lipinski definition) is 5. The van der Waals surface area contributed by atoms with Crippen molar-refractivity contribution in [2.24, 2.45) is 0 Å². The van der Waals surface area contributed by atoms with Gasteiger partial charge in [-0.1, -0.05) is 0 Å². The second-order valence-corrected chi connectivity index (χ2v) is 5.94. The number of likely N-dealkylation sites (tertiary alicyclic amines) is 1. The van der Waals surface area contributed by atoms with Crippen LogP contribution < -0.4 is 5.32 Å². The Morgan fingerprint density at radius 2 is 1.70 bits per heavy atom. The average molecular weight is 316 g/mol. The molecule has 1 aromatic carbocycles. The van der Waals surface area contributed by atoms with Gasteiger partial charge in [-0.2, -0.15) is 0 Å². The van der Waals surface area contributed by atoms with Crippen molar-refractivity contribution in [2.75, 3.05) is 26.3 Å². The van der Waals surface area contributed by atoms with Crippen LogP contribution in [0, 0.1) is 0 Å².